The second-order valence-corrected chi connectivity index (χ2v) is 6.64. The predicted molar refractivity (Wildman–Crippen MR) is 88.9 cm³/mol. The van der Waals surface area contributed by atoms with E-state index in [1.807, 2.05) is 35.0 Å². The van der Waals surface area contributed by atoms with Crippen LogP contribution in [-0.2, 0) is 0 Å². The molecule has 1 saturated carbocycles. The Morgan fingerprint density at radius 2 is 1.91 bits per heavy atom. The maximum Gasteiger partial charge on any atom is 0.222 e. The maximum absolute atomic E-state index is 5.92. The largest absolute Gasteiger partial charge is 0.368 e. The van der Waals surface area contributed by atoms with E-state index in [-0.39, 0.29) is 5.95 Å². The molecule has 8 heteroatoms. The number of hydrogen-bond acceptors (Lipinski definition) is 6. The van der Waals surface area contributed by atoms with Gasteiger partial charge in [-0.3, -0.25) is 0 Å². The van der Waals surface area contributed by atoms with Gasteiger partial charge in [-0.1, -0.05) is 29.8 Å². The van der Waals surface area contributed by atoms with E-state index in [1.165, 1.54) is 11.8 Å². The average Bonchev–Trinajstić information content (AvgIpc) is 3.28. The number of hydrogen-bond donors (Lipinski definition) is 1. The molecule has 4 rings (SSSR count). The fourth-order valence-electron chi connectivity index (χ4n) is 2.27. The Hall–Kier alpha value is -2.12. The van der Waals surface area contributed by atoms with Crippen molar-refractivity contribution in [2.24, 2.45) is 0 Å². The molecule has 0 radical (unpaired) electrons. The van der Waals surface area contributed by atoms with Gasteiger partial charge in [0, 0.05) is 12.0 Å². The number of aromatic nitrogens is 5. The normalized spacial score (nSPS) is 14.1. The second-order valence-electron chi connectivity index (χ2n) is 5.26. The maximum atomic E-state index is 5.92. The van der Waals surface area contributed by atoms with E-state index in [2.05, 4.69) is 20.1 Å². The highest BCUT2D eigenvalue weighted by molar-refractivity contribution is 7.99. The summed E-state index contributed by atoms with van der Waals surface area (Å²) >= 11 is 7.25. The number of nitrogens with zero attached hydrogens (tertiary/aromatic N) is 5. The van der Waals surface area contributed by atoms with Crippen molar-refractivity contribution in [3.05, 3.63) is 47.4 Å². The molecule has 2 aromatic heterocycles. The lowest BCUT2D eigenvalue weighted by atomic mass is 10.3. The summed E-state index contributed by atoms with van der Waals surface area (Å²) in [5.74, 6) is 1.62. The molecule has 1 aromatic carbocycles. The molecule has 0 saturated heterocycles. The van der Waals surface area contributed by atoms with Crippen molar-refractivity contribution in [3.63, 3.8) is 0 Å². The van der Waals surface area contributed by atoms with E-state index in [0.717, 1.165) is 24.4 Å². The summed E-state index contributed by atoms with van der Waals surface area (Å²) in [6.07, 6.45) is 2.31. The van der Waals surface area contributed by atoms with Crippen molar-refractivity contribution in [3.8, 4) is 5.69 Å². The summed E-state index contributed by atoms with van der Waals surface area (Å²) in [6, 6.07) is 11.7. The standard InChI is InChI=1S/C15H13ClN6S/c16-11-8-12(19-14(17)18-11)23-15-20-13(9-6-7-9)22(21-15)10-4-2-1-3-5-10/h1-5,8-9H,6-7H2,(H2,17,18,19). The first-order valence-corrected chi connectivity index (χ1v) is 8.39. The first-order valence-electron chi connectivity index (χ1n) is 7.19. The number of para-hydroxylation sites is 1. The molecule has 0 spiro atoms. The third-order valence-corrected chi connectivity index (χ3v) is 4.41. The molecule has 0 amide bonds. The zero-order chi connectivity index (χ0) is 15.8. The Bertz CT molecular complexity index is 826. The predicted octanol–water partition coefficient (Wildman–Crippen LogP) is 3.32. The van der Waals surface area contributed by atoms with Crippen LogP contribution in [0.5, 0.6) is 0 Å². The lowest BCUT2D eigenvalue weighted by Crippen LogP contribution is -2.01. The lowest BCUT2D eigenvalue weighted by Gasteiger charge is -2.03. The lowest BCUT2D eigenvalue weighted by molar-refractivity contribution is 0.782. The topological polar surface area (TPSA) is 82.5 Å². The SMILES string of the molecule is Nc1nc(Cl)cc(Sc2nc(C3CC3)n(-c3ccccc3)n2)n1. The van der Waals surface area contributed by atoms with Crippen molar-refractivity contribution in [2.45, 2.75) is 28.9 Å². The summed E-state index contributed by atoms with van der Waals surface area (Å²) in [5, 5.41) is 6.19. The first kappa shape index (κ1) is 14.5. The molecular formula is C15H13ClN6S. The van der Waals surface area contributed by atoms with Crippen molar-refractivity contribution in [2.75, 3.05) is 5.73 Å². The molecule has 6 nitrogen and oxygen atoms in total. The van der Waals surface area contributed by atoms with Crippen LogP contribution in [0.15, 0.2) is 46.6 Å². The third kappa shape index (κ3) is 3.16. The van der Waals surface area contributed by atoms with Gasteiger partial charge in [-0.15, -0.1) is 5.10 Å². The molecular weight excluding hydrogens is 332 g/mol. The van der Waals surface area contributed by atoms with E-state index < -0.39 is 0 Å². The van der Waals surface area contributed by atoms with Crippen LogP contribution in [0, 0.1) is 0 Å². The average molecular weight is 345 g/mol. The molecule has 3 aromatic rings. The number of benzene rings is 1. The molecule has 1 aliphatic carbocycles. The molecule has 23 heavy (non-hydrogen) atoms. The minimum absolute atomic E-state index is 0.143. The smallest absolute Gasteiger partial charge is 0.222 e. The van der Waals surface area contributed by atoms with Crippen molar-refractivity contribution >= 4 is 29.3 Å². The first-order chi connectivity index (χ1) is 11.2. The van der Waals surface area contributed by atoms with Gasteiger partial charge in [0.15, 0.2) is 0 Å². The van der Waals surface area contributed by atoms with Gasteiger partial charge < -0.3 is 5.73 Å². The highest BCUT2D eigenvalue weighted by Crippen LogP contribution is 2.40. The fourth-order valence-corrected chi connectivity index (χ4v) is 3.29. The van der Waals surface area contributed by atoms with Gasteiger partial charge in [-0.25, -0.2) is 19.6 Å². The number of nitrogens with two attached hydrogens (primary N) is 1. The van der Waals surface area contributed by atoms with E-state index in [9.17, 15) is 0 Å². The molecule has 0 atom stereocenters. The molecule has 1 fully saturated rings. The Labute approximate surface area is 142 Å². The van der Waals surface area contributed by atoms with Crippen LogP contribution in [0.4, 0.5) is 5.95 Å². The van der Waals surface area contributed by atoms with E-state index in [4.69, 9.17) is 17.3 Å². The van der Waals surface area contributed by atoms with Crippen LogP contribution in [0.1, 0.15) is 24.6 Å². The molecule has 0 bridgehead atoms. The molecule has 116 valence electrons. The Balaban J connectivity index is 1.70. The fraction of sp³-hybridized carbons (Fsp3) is 0.200. The van der Waals surface area contributed by atoms with Gasteiger partial charge in [0.2, 0.25) is 11.1 Å². The van der Waals surface area contributed by atoms with Gasteiger partial charge in [0.1, 0.15) is 16.0 Å². The van der Waals surface area contributed by atoms with Gasteiger partial charge >= 0.3 is 0 Å². The molecule has 2 heterocycles. The zero-order valence-corrected chi connectivity index (χ0v) is 13.6. The van der Waals surface area contributed by atoms with Gasteiger partial charge in [0.25, 0.3) is 0 Å². The summed E-state index contributed by atoms with van der Waals surface area (Å²) in [7, 11) is 0. The van der Waals surface area contributed by atoms with Crippen LogP contribution < -0.4 is 5.73 Å². The van der Waals surface area contributed by atoms with E-state index in [0.29, 0.717) is 21.3 Å². The Kier molecular flexibility index (Phi) is 3.66. The summed E-state index contributed by atoms with van der Waals surface area (Å²) in [6.45, 7) is 0. The molecule has 0 aliphatic heterocycles. The number of rotatable bonds is 4. The van der Waals surface area contributed by atoms with Gasteiger partial charge in [-0.05, 0) is 36.7 Å². The Morgan fingerprint density at radius 3 is 2.61 bits per heavy atom. The van der Waals surface area contributed by atoms with Crippen molar-refractivity contribution < 1.29 is 0 Å². The minimum atomic E-state index is 0.143. The quantitative estimate of drug-likeness (QED) is 0.731. The Morgan fingerprint density at radius 1 is 1.13 bits per heavy atom. The van der Waals surface area contributed by atoms with Crippen LogP contribution in [0.3, 0.4) is 0 Å². The van der Waals surface area contributed by atoms with Crippen LogP contribution >= 0.6 is 23.4 Å². The van der Waals surface area contributed by atoms with Crippen LogP contribution in [-0.4, -0.2) is 24.7 Å². The van der Waals surface area contributed by atoms with Crippen molar-refractivity contribution in [1.82, 2.24) is 24.7 Å². The van der Waals surface area contributed by atoms with E-state index >= 15 is 0 Å². The summed E-state index contributed by atoms with van der Waals surface area (Å²) < 4.78 is 1.91. The minimum Gasteiger partial charge on any atom is -0.368 e. The highest BCUT2D eigenvalue weighted by Gasteiger charge is 2.30. The highest BCUT2D eigenvalue weighted by atomic mass is 35.5. The number of halogens is 1. The van der Waals surface area contributed by atoms with Gasteiger partial charge in [0.05, 0.1) is 5.69 Å². The molecule has 0 unspecified atom stereocenters. The number of nitrogen functional groups attached to an aromatic ring is 1. The molecule has 2 N–H and O–H groups in total. The van der Waals surface area contributed by atoms with Crippen LogP contribution in [0.25, 0.3) is 5.69 Å². The monoisotopic (exact) mass is 344 g/mol. The zero-order valence-electron chi connectivity index (χ0n) is 12.1. The van der Waals surface area contributed by atoms with E-state index in [1.54, 1.807) is 6.07 Å². The van der Waals surface area contributed by atoms with Gasteiger partial charge in [-0.2, -0.15) is 0 Å². The van der Waals surface area contributed by atoms with Crippen molar-refractivity contribution in [1.29, 1.82) is 0 Å². The third-order valence-electron chi connectivity index (χ3n) is 3.44. The number of anilines is 1. The summed E-state index contributed by atoms with van der Waals surface area (Å²) in [5.41, 5.74) is 6.64. The molecule has 1 aliphatic rings. The second kappa shape index (κ2) is 5.82. The van der Waals surface area contributed by atoms with Crippen LogP contribution in [0.2, 0.25) is 5.15 Å². The summed E-state index contributed by atoms with van der Waals surface area (Å²) in [4.78, 5) is 12.7.